The lowest BCUT2D eigenvalue weighted by Crippen LogP contribution is -2.40. The molecule has 0 aromatic rings. The second kappa shape index (κ2) is 38.0. The van der Waals surface area contributed by atoms with Crippen LogP contribution in [0.3, 0.4) is 0 Å². The summed E-state index contributed by atoms with van der Waals surface area (Å²) in [6.45, 7) is 11.1. The van der Waals surface area contributed by atoms with Crippen LogP contribution in [0.25, 0.3) is 0 Å². The summed E-state index contributed by atoms with van der Waals surface area (Å²) in [5, 5.41) is 2.96. The van der Waals surface area contributed by atoms with Gasteiger partial charge in [0, 0.05) is 18.8 Å². The Labute approximate surface area is 327 Å². The fraction of sp³-hybridized carbons (Fsp3) is 0.932. The van der Waals surface area contributed by atoms with Gasteiger partial charge < -0.3 is 19.7 Å². The van der Waals surface area contributed by atoms with Crippen LogP contribution in [-0.2, 0) is 23.9 Å². The summed E-state index contributed by atoms with van der Waals surface area (Å²) in [5.41, 5.74) is 0. The molecule has 0 rings (SSSR count). The van der Waals surface area contributed by atoms with Crippen LogP contribution in [0.1, 0.15) is 195 Å². The molecule has 0 spiro atoms. The van der Waals surface area contributed by atoms with Crippen molar-refractivity contribution >= 4 is 29.6 Å². The second-order valence-corrected chi connectivity index (χ2v) is 16.9. The molecule has 0 bridgehead atoms. The molecule has 0 saturated carbocycles. The molecule has 0 aliphatic rings. The molecule has 3 unspecified atom stereocenters. The standard InChI is InChI=1S/C44H86N2O5S/c1-7-11-15-19-21-25-29-39(27-23-17-13-9-3)37-50-42(47)32-36-52-35-31-41(43(48)45-33-34-46(5)6)44(49)51-38-40(28-24-18-14-10-4)30-26-22-20-16-12-8-2/h39-41H,7-38H2,1-6H3,(H,45,48). The van der Waals surface area contributed by atoms with E-state index < -0.39 is 11.9 Å². The highest BCUT2D eigenvalue weighted by Gasteiger charge is 2.28. The Hall–Kier alpha value is -1.28. The van der Waals surface area contributed by atoms with Crippen molar-refractivity contribution in [2.45, 2.75) is 195 Å². The van der Waals surface area contributed by atoms with Gasteiger partial charge in [-0.1, -0.05) is 156 Å². The van der Waals surface area contributed by atoms with Gasteiger partial charge in [-0.15, -0.1) is 0 Å². The van der Waals surface area contributed by atoms with Crippen LogP contribution >= 0.6 is 11.8 Å². The van der Waals surface area contributed by atoms with E-state index in [9.17, 15) is 14.4 Å². The smallest absolute Gasteiger partial charge is 0.318 e. The van der Waals surface area contributed by atoms with Gasteiger partial charge in [-0.2, -0.15) is 11.8 Å². The quantitative estimate of drug-likeness (QED) is 0.0380. The average Bonchev–Trinajstić information content (AvgIpc) is 3.12. The number of nitrogens with one attached hydrogen (secondary N) is 1. The third-order valence-corrected chi connectivity index (χ3v) is 11.3. The van der Waals surface area contributed by atoms with Crippen molar-refractivity contribution in [1.29, 1.82) is 0 Å². The van der Waals surface area contributed by atoms with Crippen LogP contribution in [0.2, 0.25) is 0 Å². The van der Waals surface area contributed by atoms with Gasteiger partial charge in [0.15, 0.2) is 0 Å². The van der Waals surface area contributed by atoms with E-state index in [4.69, 9.17) is 9.47 Å². The SMILES string of the molecule is CCCCCCCCC(CCCCCC)COC(=O)CCSCCC(C(=O)NCCN(C)C)C(=O)OCC(CCCCCC)CCCCCCCC. The molecular weight excluding hydrogens is 669 g/mol. The van der Waals surface area contributed by atoms with E-state index in [1.165, 1.54) is 122 Å². The minimum absolute atomic E-state index is 0.137. The van der Waals surface area contributed by atoms with E-state index >= 15 is 0 Å². The first-order valence-electron chi connectivity index (χ1n) is 22.1. The lowest BCUT2D eigenvalue weighted by Gasteiger charge is -2.20. The van der Waals surface area contributed by atoms with Crippen molar-refractivity contribution in [2.24, 2.45) is 17.8 Å². The highest BCUT2D eigenvalue weighted by atomic mass is 32.2. The van der Waals surface area contributed by atoms with Gasteiger partial charge in [0.05, 0.1) is 19.6 Å². The summed E-state index contributed by atoms with van der Waals surface area (Å²) < 4.78 is 11.7. The first kappa shape index (κ1) is 50.7. The summed E-state index contributed by atoms with van der Waals surface area (Å²) in [4.78, 5) is 41.3. The predicted molar refractivity (Wildman–Crippen MR) is 224 cm³/mol. The van der Waals surface area contributed by atoms with Gasteiger partial charge in [0.25, 0.3) is 0 Å². The average molecular weight is 755 g/mol. The molecule has 52 heavy (non-hydrogen) atoms. The number of rotatable bonds is 39. The summed E-state index contributed by atoms with van der Waals surface area (Å²) in [5.74, 6) is 0.431. The summed E-state index contributed by atoms with van der Waals surface area (Å²) >= 11 is 1.61. The third kappa shape index (κ3) is 32.2. The Balaban J connectivity index is 4.93. The van der Waals surface area contributed by atoms with Gasteiger partial charge >= 0.3 is 11.9 Å². The molecule has 0 fully saturated rings. The number of hydrogen-bond donors (Lipinski definition) is 1. The van der Waals surface area contributed by atoms with E-state index in [-0.39, 0.29) is 11.9 Å². The second-order valence-electron chi connectivity index (χ2n) is 15.7. The maximum Gasteiger partial charge on any atom is 0.318 e. The molecule has 0 aliphatic heterocycles. The molecule has 0 aliphatic carbocycles. The molecule has 0 saturated heterocycles. The zero-order valence-corrected chi connectivity index (χ0v) is 36.1. The summed E-state index contributed by atoms with van der Waals surface area (Å²) in [6.07, 6.45) is 30.3. The number of nitrogens with zero attached hydrogens (tertiary/aromatic N) is 1. The Morgan fingerprint density at radius 3 is 1.44 bits per heavy atom. The van der Waals surface area contributed by atoms with Crippen molar-refractivity contribution in [3.8, 4) is 0 Å². The van der Waals surface area contributed by atoms with Gasteiger partial charge in [-0.25, -0.2) is 0 Å². The molecule has 8 heteroatoms. The number of esters is 2. The Bertz CT molecular complexity index is 826. The van der Waals surface area contributed by atoms with Crippen molar-refractivity contribution < 1.29 is 23.9 Å². The molecule has 1 amide bonds. The lowest BCUT2D eigenvalue weighted by molar-refractivity contribution is -0.154. The minimum Gasteiger partial charge on any atom is -0.465 e. The fourth-order valence-corrected chi connectivity index (χ4v) is 7.61. The fourth-order valence-electron chi connectivity index (χ4n) is 6.69. The number of carbonyl (C=O) groups is 3. The maximum absolute atomic E-state index is 13.4. The highest BCUT2D eigenvalue weighted by Crippen LogP contribution is 2.22. The van der Waals surface area contributed by atoms with Crippen molar-refractivity contribution in [3.63, 3.8) is 0 Å². The van der Waals surface area contributed by atoms with Crippen LogP contribution in [0.4, 0.5) is 0 Å². The number of thioether (sulfide) groups is 1. The van der Waals surface area contributed by atoms with Crippen molar-refractivity contribution in [3.05, 3.63) is 0 Å². The van der Waals surface area contributed by atoms with Crippen LogP contribution < -0.4 is 5.32 Å². The molecular formula is C44H86N2O5S. The Morgan fingerprint density at radius 2 is 0.981 bits per heavy atom. The van der Waals surface area contributed by atoms with Gasteiger partial charge in [-0.3, -0.25) is 14.4 Å². The molecule has 308 valence electrons. The Morgan fingerprint density at radius 1 is 0.558 bits per heavy atom. The molecule has 0 heterocycles. The van der Waals surface area contributed by atoms with Gasteiger partial charge in [-0.05, 0) is 63.8 Å². The zero-order valence-electron chi connectivity index (χ0n) is 35.3. The number of hydrogen-bond acceptors (Lipinski definition) is 7. The van der Waals surface area contributed by atoms with E-state index in [0.29, 0.717) is 62.5 Å². The molecule has 7 nitrogen and oxygen atoms in total. The zero-order chi connectivity index (χ0) is 38.5. The number of likely N-dealkylation sites (N-methyl/N-ethyl adjacent to an activating group) is 1. The molecule has 0 radical (unpaired) electrons. The number of unbranched alkanes of at least 4 members (excludes halogenated alkanes) is 16. The minimum atomic E-state index is -0.827. The largest absolute Gasteiger partial charge is 0.465 e. The first-order chi connectivity index (χ1) is 25.3. The van der Waals surface area contributed by atoms with E-state index in [0.717, 1.165) is 32.1 Å². The van der Waals surface area contributed by atoms with E-state index in [1.807, 2.05) is 19.0 Å². The molecule has 0 aromatic heterocycles. The number of ether oxygens (including phenoxy) is 2. The van der Waals surface area contributed by atoms with Crippen LogP contribution in [0, 0.1) is 17.8 Å². The van der Waals surface area contributed by atoms with Crippen LogP contribution in [0.15, 0.2) is 0 Å². The summed E-state index contributed by atoms with van der Waals surface area (Å²) in [7, 11) is 3.93. The lowest BCUT2D eigenvalue weighted by atomic mass is 9.95. The van der Waals surface area contributed by atoms with E-state index in [2.05, 4.69) is 33.0 Å². The van der Waals surface area contributed by atoms with Crippen LogP contribution in [0.5, 0.6) is 0 Å². The van der Waals surface area contributed by atoms with Crippen molar-refractivity contribution in [2.75, 3.05) is 51.9 Å². The number of carbonyl (C=O) groups excluding carboxylic acids is 3. The normalized spacial score (nSPS) is 13.2. The first-order valence-corrected chi connectivity index (χ1v) is 23.3. The predicted octanol–water partition coefficient (Wildman–Crippen LogP) is 11.6. The van der Waals surface area contributed by atoms with Crippen LogP contribution in [-0.4, -0.2) is 74.7 Å². The monoisotopic (exact) mass is 755 g/mol. The maximum atomic E-state index is 13.4. The van der Waals surface area contributed by atoms with Gasteiger partial charge in [0.1, 0.15) is 5.92 Å². The molecule has 3 atom stereocenters. The molecule has 0 aromatic carbocycles. The Kier molecular flexibility index (Phi) is 37.1. The van der Waals surface area contributed by atoms with Crippen molar-refractivity contribution in [1.82, 2.24) is 10.2 Å². The number of amides is 1. The van der Waals surface area contributed by atoms with Gasteiger partial charge in [0.2, 0.25) is 5.91 Å². The summed E-state index contributed by atoms with van der Waals surface area (Å²) in [6, 6.07) is 0. The van der Waals surface area contributed by atoms with E-state index in [1.54, 1.807) is 11.8 Å². The third-order valence-electron chi connectivity index (χ3n) is 10.3. The topological polar surface area (TPSA) is 84.9 Å². The molecule has 1 N–H and O–H groups in total. The highest BCUT2D eigenvalue weighted by molar-refractivity contribution is 7.99.